The molecule has 0 bridgehead atoms. The summed E-state index contributed by atoms with van der Waals surface area (Å²) in [6.45, 7) is 0.964. The van der Waals surface area contributed by atoms with Crippen molar-refractivity contribution in [2.24, 2.45) is 0 Å². The highest BCUT2D eigenvalue weighted by molar-refractivity contribution is 6.39. The number of nitriles is 1. The minimum atomic E-state index is -0.803. The van der Waals surface area contributed by atoms with E-state index in [9.17, 15) is 9.59 Å². The lowest BCUT2D eigenvalue weighted by Gasteiger charge is -2.25. The summed E-state index contributed by atoms with van der Waals surface area (Å²) in [6.07, 6.45) is 0.871. The molecule has 144 valence electrons. The Bertz CT molecular complexity index is 933. The van der Waals surface area contributed by atoms with Crippen molar-refractivity contribution in [3.8, 4) is 11.8 Å². The van der Waals surface area contributed by atoms with Crippen LogP contribution in [-0.2, 0) is 16.0 Å². The third-order valence-corrected chi connectivity index (χ3v) is 4.68. The minimum Gasteiger partial charge on any atom is -0.493 e. The van der Waals surface area contributed by atoms with Crippen LogP contribution in [0.15, 0.2) is 42.5 Å². The summed E-state index contributed by atoms with van der Waals surface area (Å²) < 4.78 is 5.54. The van der Waals surface area contributed by atoms with Crippen molar-refractivity contribution in [2.75, 3.05) is 32.6 Å². The molecule has 0 unspecified atom stereocenters. The van der Waals surface area contributed by atoms with E-state index in [0.29, 0.717) is 17.9 Å². The molecule has 1 aliphatic rings. The molecule has 0 spiro atoms. The molecule has 1 aliphatic heterocycles. The number of rotatable bonds is 5. The number of ether oxygens (including phenoxy) is 1. The molecular formula is C21H22N4O3. The first kappa shape index (κ1) is 19.4. The number of hydrogen-bond donors (Lipinski definition) is 2. The van der Waals surface area contributed by atoms with E-state index in [1.807, 2.05) is 37.2 Å². The second kappa shape index (κ2) is 8.55. The highest BCUT2D eigenvalue weighted by Gasteiger charge is 2.21. The molecule has 1 atom stereocenters. The minimum absolute atomic E-state index is 0.0888. The number of anilines is 1. The average Bonchev–Trinajstić information content (AvgIpc) is 3.16. The van der Waals surface area contributed by atoms with Gasteiger partial charge in [0.2, 0.25) is 0 Å². The molecule has 3 rings (SSSR count). The molecular weight excluding hydrogens is 356 g/mol. The van der Waals surface area contributed by atoms with Gasteiger partial charge in [-0.15, -0.1) is 0 Å². The second-order valence-electron chi connectivity index (χ2n) is 6.77. The molecule has 0 saturated carbocycles. The van der Waals surface area contributed by atoms with Gasteiger partial charge in [-0.25, -0.2) is 0 Å². The fraction of sp³-hybridized carbons (Fsp3) is 0.286. The fourth-order valence-electron chi connectivity index (χ4n) is 3.15. The largest absolute Gasteiger partial charge is 0.493 e. The lowest BCUT2D eigenvalue weighted by atomic mass is 10.0. The number of benzene rings is 2. The summed E-state index contributed by atoms with van der Waals surface area (Å²) in [5.41, 5.74) is 2.81. The van der Waals surface area contributed by atoms with Crippen molar-refractivity contribution >= 4 is 17.5 Å². The van der Waals surface area contributed by atoms with Crippen molar-refractivity contribution in [1.82, 2.24) is 10.2 Å². The van der Waals surface area contributed by atoms with E-state index in [4.69, 9.17) is 10.00 Å². The van der Waals surface area contributed by atoms with Gasteiger partial charge in [0.1, 0.15) is 11.8 Å². The van der Waals surface area contributed by atoms with E-state index in [-0.39, 0.29) is 12.6 Å². The number of hydrogen-bond acceptors (Lipinski definition) is 5. The van der Waals surface area contributed by atoms with E-state index in [2.05, 4.69) is 16.7 Å². The van der Waals surface area contributed by atoms with Gasteiger partial charge in [0.05, 0.1) is 23.9 Å². The first-order chi connectivity index (χ1) is 13.5. The summed E-state index contributed by atoms with van der Waals surface area (Å²) in [6, 6.07) is 14.4. The van der Waals surface area contributed by atoms with E-state index in [1.165, 1.54) is 0 Å². The van der Waals surface area contributed by atoms with Crippen molar-refractivity contribution < 1.29 is 14.3 Å². The summed E-state index contributed by atoms with van der Waals surface area (Å²) in [5, 5.41) is 14.2. The number of para-hydroxylation sites is 1. The highest BCUT2D eigenvalue weighted by atomic mass is 16.5. The molecule has 2 aromatic rings. The second-order valence-corrected chi connectivity index (χ2v) is 6.77. The third-order valence-electron chi connectivity index (χ3n) is 4.68. The monoisotopic (exact) mass is 378 g/mol. The van der Waals surface area contributed by atoms with Gasteiger partial charge >= 0.3 is 11.8 Å². The lowest BCUT2D eigenvalue weighted by Crippen LogP contribution is -2.40. The molecule has 0 fully saturated rings. The van der Waals surface area contributed by atoms with Crippen molar-refractivity contribution in [3.05, 3.63) is 59.2 Å². The van der Waals surface area contributed by atoms with Gasteiger partial charge in [0, 0.05) is 13.0 Å². The predicted octanol–water partition coefficient (Wildman–Crippen LogP) is 1.85. The first-order valence-electron chi connectivity index (χ1n) is 9.00. The Labute approximate surface area is 163 Å². The van der Waals surface area contributed by atoms with Gasteiger partial charge in [-0.1, -0.05) is 24.3 Å². The fourth-order valence-corrected chi connectivity index (χ4v) is 3.15. The Hall–Kier alpha value is -3.37. The van der Waals surface area contributed by atoms with Crippen LogP contribution in [0, 0.1) is 11.3 Å². The molecule has 7 nitrogen and oxygen atoms in total. The van der Waals surface area contributed by atoms with Crippen LogP contribution in [-0.4, -0.2) is 44.0 Å². The number of likely N-dealkylation sites (N-methyl/N-ethyl adjacent to an activating group) is 1. The predicted molar refractivity (Wildman–Crippen MR) is 105 cm³/mol. The SMILES string of the molecule is CN(C)[C@H](CNC(=O)C(=O)Nc1ccccc1C#N)c1ccc2c(c1)CCO2. The van der Waals surface area contributed by atoms with Crippen LogP contribution in [0.1, 0.15) is 22.7 Å². The van der Waals surface area contributed by atoms with Crippen LogP contribution in [0.2, 0.25) is 0 Å². The molecule has 0 radical (unpaired) electrons. The van der Waals surface area contributed by atoms with E-state index >= 15 is 0 Å². The number of fused-ring (bicyclic) bond motifs is 1. The van der Waals surface area contributed by atoms with Gasteiger partial charge in [-0.2, -0.15) is 5.26 Å². The average molecular weight is 378 g/mol. The molecule has 2 N–H and O–H groups in total. The molecule has 2 aromatic carbocycles. The highest BCUT2D eigenvalue weighted by Crippen LogP contribution is 2.29. The van der Waals surface area contributed by atoms with Gasteiger partial charge in [-0.3, -0.25) is 9.59 Å². The van der Waals surface area contributed by atoms with E-state index < -0.39 is 11.8 Å². The van der Waals surface area contributed by atoms with Gasteiger partial charge < -0.3 is 20.3 Å². The van der Waals surface area contributed by atoms with Crippen LogP contribution < -0.4 is 15.4 Å². The lowest BCUT2D eigenvalue weighted by molar-refractivity contribution is -0.136. The molecule has 0 aromatic heterocycles. The number of carbonyl (C=O) groups is 2. The zero-order valence-corrected chi connectivity index (χ0v) is 15.9. The van der Waals surface area contributed by atoms with E-state index in [1.54, 1.807) is 24.3 Å². The van der Waals surface area contributed by atoms with Crippen LogP contribution in [0.3, 0.4) is 0 Å². The Kier molecular flexibility index (Phi) is 5.92. The van der Waals surface area contributed by atoms with Gasteiger partial charge in [0.15, 0.2) is 0 Å². The zero-order valence-electron chi connectivity index (χ0n) is 15.9. The number of nitrogens with zero attached hydrogens (tertiary/aromatic N) is 2. The maximum Gasteiger partial charge on any atom is 0.313 e. The standard InChI is InChI=1S/C21H22N4O3/c1-25(2)18(14-7-8-19-15(11-14)9-10-28-19)13-23-20(26)21(27)24-17-6-4-3-5-16(17)12-22/h3-8,11,18H,9-10,13H2,1-2H3,(H,23,26)(H,24,27)/t18-/m1/s1. The summed E-state index contributed by atoms with van der Waals surface area (Å²) in [5.74, 6) is -0.646. The Morgan fingerprint density at radius 3 is 2.75 bits per heavy atom. The maximum atomic E-state index is 12.2. The summed E-state index contributed by atoms with van der Waals surface area (Å²) >= 11 is 0. The summed E-state index contributed by atoms with van der Waals surface area (Å²) in [7, 11) is 3.84. The molecule has 7 heteroatoms. The molecule has 1 heterocycles. The van der Waals surface area contributed by atoms with Crippen molar-refractivity contribution in [2.45, 2.75) is 12.5 Å². The number of amides is 2. The maximum absolute atomic E-state index is 12.2. The Morgan fingerprint density at radius 1 is 1.21 bits per heavy atom. The van der Waals surface area contributed by atoms with Crippen molar-refractivity contribution in [3.63, 3.8) is 0 Å². The van der Waals surface area contributed by atoms with Gasteiger partial charge in [-0.05, 0) is 43.4 Å². The zero-order chi connectivity index (χ0) is 20.1. The van der Waals surface area contributed by atoms with Crippen molar-refractivity contribution in [1.29, 1.82) is 5.26 Å². The van der Waals surface area contributed by atoms with Crippen LogP contribution in [0.25, 0.3) is 0 Å². The van der Waals surface area contributed by atoms with Crippen LogP contribution in [0.5, 0.6) is 5.75 Å². The number of nitrogens with one attached hydrogen (secondary N) is 2. The van der Waals surface area contributed by atoms with Crippen LogP contribution >= 0.6 is 0 Å². The van der Waals surface area contributed by atoms with Crippen LogP contribution in [0.4, 0.5) is 5.69 Å². The van der Waals surface area contributed by atoms with E-state index in [0.717, 1.165) is 23.3 Å². The Morgan fingerprint density at radius 2 is 2.00 bits per heavy atom. The quantitative estimate of drug-likeness (QED) is 0.775. The number of carbonyl (C=O) groups excluding carboxylic acids is 2. The third kappa shape index (κ3) is 4.30. The first-order valence-corrected chi connectivity index (χ1v) is 9.00. The molecule has 2 amide bonds. The smallest absolute Gasteiger partial charge is 0.313 e. The summed E-state index contributed by atoms with van der Waals surface area (Å²) in [4.78, 5) is 26.4. The topological polar surface area (TPSA) is 94.5 Å². The molecule has 0 saturated heterocycles. The molecule has 0 aliphatic carbocycles. The van der Waals surface area contributed by atoms with Gasteiger partial charge in [0.25, 0.3) is 0 Å². The Balaban J connectivity index is 1.64. The molecule has 28 heavy (non-hydrogen) atoms. The normalized spacial score (nSPS) is 13.2.